The number of nitrogens with zero attached hydrogens (tertiary/aromatic N) is 5. The summed E-state index contributed by atoms with van der Waals surface area (Å²) in [7, 11) is 0. The molecule has 3 aromatic heterocycles. The first-order valence-electron chi connectivity index (χ1n) is 10.9. The number of nitrogens with one attached hydrogen (secondary N) is 1. The fraction of sp³-hybridized carbons (Fsp3) is 0.304. The van der Waals surface area contributed by atoms with Gasteiger partial charge in [0.1, 0.15) is 11.9 Å². The quantitative estimate of drug-likeness (QED) is 0.393. The summed E-state index contributed by atoms with van der Waals surface area (Å²) >= 11 is 1.42. The van der Waals surface area contributed by atoms with Crippen LogP contribution in [-0.4, -0.2) is 47.3 Å². The first-order valence-corrected chi connectivity index (χ1v) is 11.8. The second-order valence-corrected chi connectivity index (χ2v) is 9.05. The predicted octanol–water partition coefficient (Wildman–Crippen LogP) is 4.60. The molecule has 0 radical (unpaired) electrons. The van der Waals surface area contributed by atoms with Crippen LogP contribution in [-0.2, 0) is 4.79 Å². The predicted molar refractivity (Wildman–Crippen MR) is 123 cm³/mol. The van der Waals surface area contributed by atoms with Gasteiger partial charge in [-0.15, -0.1) is 11.3 Å². The van der Waals surface area contributed by atoms with Gasteiger partial charge in [0.05, 0.1) is 5.56 Å². The average molecular weight is 481 g/mol. The van der Waals surface area contributed by atoms with E-state index in [9.17, 15) is 9.18 Å². The van der Waals surface area contributed by atoms with Gasteiger partial charge in [-0.3, -0.25) is 9.89 Å². The number of halogens is 1. The van der Waals surface area contributed by atoms with Crippen molar-refractivity contribution in [1.82, 2.24) is 30.1 Å². The number of ether oxygens (including phenoxy) is 1. The minimum atomic E-state index is -0.756. The lowest BCUT2D eigenvalue weighted by Crippen LogP contribution is -2.25. The van der Waals surface area contributed by atoms with E-state index in [4.69, 9.17) is 9.84 Å². The van der Waals surface area contributed by atoms with Crippen molar-refractivity contribution in [2.75, 3.05) is 0 Å². The number of aromatic amines is 1. The fourth-order valence-corrected chi connectivity index (χ4v) is 4.65. The maximum absolute atomic E-state index is 14.9. The van der Waals surface area contributed by atoms with Crippen LogP contribution in [0.1, 0.15) is 32.1 Å². The molecule has 0 unspecified atom stereocenters. The van der Waals surface area contributed by atoms with Gasteiger partial charge in [0.15, 0.2) is 16.7 Å². The van der Waals surface area contributed by atoms with Crippen molar-refractivity contribution in [2.45, 2.75) is 38.2 Å². The second-order valence-electron chi connectivity index (χ2n) is 8.15. The maximum atomic E-state index is 14.9. The monoisotopic (exact) mass is 480 g/mol. The fourth-order valence-electron chi connectivity index (χ4n) is 4.07. The number of H-pyrrole nitrogens is 1. The van der Waals surface area contributed by atoms with Crippen LogP contribution in [0.3, 0.4) is 0 Å². The molecule has 3 heterocycles. The van der Waals surface area contributed by atoms with Crippen molar-refractivity contribution in [3.05, 3.63) is 48.0 Å². The summed E-state index contributed by atoms with van der Waals surface area (Å²) in [5.74, 6) is -0.260. The van der Waals surface area contributed by atoms with Crippen LogP contribution in [0.5, 0.6) is 6.01 Å². The molecule has 0 spiro atoms. The van der Waals surface area contributed by atoms with E-state index in [2.05, 4.69) is 30.1 Å². The van der Waals surface area contributed by atoms with Crippen molar-refractivity contribution in [2.24, 2.45) is 5.92 Å². The number of aliphatic carboxylic acids is 1. The summed E-state index contributed by atoms with van der Waals surface area (Å²) in [5, 5.41) is 18.3. The third-order valence-corrected chi connectivity index (χ3v) is 6.60. The summed E-state index contributed by atoms with van der Waals surface area (Å²) in [6.07, 6.45) is 8.24. The van der Waals surface area contributed by atoms with Gasteiger partial charge in [-0.05, 0) is 49.3 Å². The minimum absolute atomic E-state index is 0.0248. The molecule has 1 aliphatic rings. The van der Waals surface area contributed by atoms with E-state index in [1.807, 2.05) is 5.38 Å². The Morgan fingerprint density at radius 2 is 1.94 bits per heavy atom. The highest BCUT2D eigenvalue weighted by Crippen LogP contribution is 2.30. The van der Waals surface area contributed by atoms with Crippen LogP contribution in [0.15, 0.2) is 42.2 Å². The highest BCUT2D eigenvalue weighted by molar-refractivity contribution is 7.13. The topological polar surface area (TPSA) is 127 Å². The van der Waals surface area contributed by atoms with E-state index in [-0.39, 0.29) is 35.8 Å². The van der Waals surface area contributed by atoms with Crippen molar-refractivity contribution in [3.8, 4) is 39.4 Å². The van der Waals surface area contributed by atoms with Crippen LogP contribution in [0.4, 0.5) is 4.39 Å². The second kappa shape index (κ2) is 9.64. The van der Waals surface area contributed by atoms with E-state index in [0.29, 0.717) is 22.0 Å². The van der Waals surface area contributed by atoms with Crippen molar-refractivity contribution in [3.63, 3.8) is 0 Å². The molecular formula is C23H21FN6O3S. The van der Waals surface area contributed by atoms with E-state index >= 15 is 0 Å². The molecule has 0 atom stereocenters. The molecule has 2 N–H and O–H groups in total. The summed E-state index contributed by atoms with van der Waals surface area (Å²) in [5.41, 5.74) is 1.56. The number of hydrogen-bond donors (Lipinski definition) is 2. The standard InChI is InChI=1S/C23H21FN6O3S/c24-18-10-14(3-6-17(18)20-28-21(30-29-20)22-25-7-8-34-22)15-11-26-23(27-12-15)33-16-4-1-13(2-5-16)9-19(31)32/h3,6-8,10-13,16H,1-2,4-5,9H2,(H,31,32)(H,28,29,30). The smallest absolute Gasteiger partial charge is 0.316 e. The van der Waals surface area contributed by atoms with Gasteiger partial charge in [0, 0.05) is 36.0 Å². The number of thiazole rings is 1. The Kier molecular flexibility index (Phi) is 6.26. The van der Waals surface area contributed by atoms with Gasteiger partial charge in [-0.1, -0.05) is 6.07 Å². The summed E-state index contributed by atoms with van der Waals surface area (Å²) in [4.78, 5) is 27.9. The molecule has 1 fully saturated rings. The van der Waals surface area contributed by atoms with Crippen LogP contribution in [0.2, 0.25) is 0 Å². The number of carbonyl (C=O) groups is 1. The Morgan fingerprint density at radius 3 is 2.62 bits per heavy atom. The Hall–Kier alpha value is -3.73. The number of aromatic nitrogens is 6. The zero-order valence-electron chi connectivity index (χ0n) is 18.0. The van der Waals surface area contributed by atoms with Crippen LogP contribution in [0.25, 0.3) is 33.3 Å². The SMILES string of the molecule is O=C(O)CC1CCC(Oc2ncc(-c3ccc(-c4n[nH]c(-c5nccs5)n4)c(F)c3)cn2)CC1. The minimum Gasteiger partial charge on any atom is -0.481 e. The number of rotatable bonds is 7. The lowest BCUT2D eigenvalue weighted by Gasteiger charge is -2.27. The molecule has 5 rings (SSSR count). The number of carboxylic acids is 1. The number of hydrogen-bond acceptors (Lipinski definition) is 8. The lowest BCUT2D eigenvalue weighted by atomic mass is 9.85. The largest absolute Gasteiger partial charge is 0.481 e. The molecule has 1 saturated carbocycles. The Labute approximate surface area is 198 Å². The molecule has 4 aromatic rings. The molecular weight excluding hydrogens is 459 g/mol. The van der Waals surface area contributed by atoms with Gasteiger partial charge in [0.25, 0.3) is 0 Å². The molecule has 1 aliphatic carbocycles. The van der Waals surface area contributed by atoms with Gasteiger partial charge in [-0.25, -0.2) is 24.3 Å². The third-order valence-electron chi connectivity index (χ3n) is 5.82. The summed E-state index contributed by atoms with van der Waals surface area (Å²) < 4.78 is 20.7. The van der Waals surface area contributed by atoms with Crippen LogP contribution >= 0.6 is 11.3 Å². The zero-order valence-corrected chi connectivity index (χ0v) is 18.8. The summed E-state index contributed by atoms with van der Waals surface area (Å²) in [6.45, 7) is 0. The number of carboxylic acid groups (broad SMARTS) is 1. The molecule has 174 valence electrons. The van der Waals surface area contributed by atoms with Crippen molar-refractivity contribution >= 4 is 17.3 Å². The molecule has 0 amide bonds. The molecule has 0 aliphatic heterocycles. The first kappa shape index (κ1) is 22.1. The van der Waals surface area contributed by atoms with E-state index < -0.39 is 11.8 Å². The first-order chi connectivity index (χ1) is 16.5. The molecule has 34 heavy (non-hydrogen) atoms. The van der Waals surface area contributed by atoms with Gasteiger partial charge < -0.3 is 9.84 Å². The normalized spacial score (nSPS) is 18.0. The van der Waals surface area contributed by atoms with E-state index in [1.165, 1.54) is 17.4 Å². The van der Waals surface area contributed by atoms with Crippen molar-refractivity contribution in [1.29, 1.82) is 0 Å². The Balaban J connectivity index is 1.23. The average Bonchev–Trinajstić information content (AvgIpc) is 3.53. The Morgan fingerprint density at radius 1 is 1.15 bits per heavy atom. The Bertz CT molecular complexity index is 1270. The zero-order chi connectivity index (χ0) is 23.5. The molecule has 1 aromatic carbocycles. The van der Waals surface area contributed by atoms with Gasteiger partial charge in [0.2, 0.25) is 0 Å². The molecule has 11 heteroatoms. The van der Waals surface area contributed by atoms with Crippen LogP contribution < -0.4 is 4.74 Å². The highest BCUT2D eigenvalue weighted by atomic mass is 32.1. The number of benzene rings is 1. The molecule has 9 nitrogen and oxygen atoms in total. The van der Waals surface area contributed by atoms with Gasteiger partial charge >= 0.3 is 12.0 Å². The highest BCUT2D eigenvalue weighted by Gasteiger charge is 2.24. The van der Waals surface area contributed by atoms with E-state index in [1.54, 1.807) is 30.7 Å². The van der Waals surface area contributed by atoms with Gasteiger partial charge in [-0.2, -0.15) is 5.10 Å². The van der Waals surface area contributed by atoms with Crippen molar-refractivity contribution < 1.29 is 19.0 Å². The lowest BCUT2D eigenvalue weighted by molar-refractivity contribution is -0.138. The third kappa shape index (κ3) is 4.93. The molecule has 0 bridgehead atoms. The van der Waals surface area contributed by atoms with E-state index in [0.717, 1.165) is 25.7 Å². The summed E-state index contributed by atoms with van der Waals surface area (Å²) in [6, 6.07) is 5.05. The van der Waals surface area contributed by atoms with Crippen LogP contribution in [0, 0.1) is 11.7 Å². The maximum Gasteiger partial charge on any atom is 0.316 e. The molecule has 0 saturated heterocycles.